The van der Waals surface area contributed by atoms with Crippen LogP contribution in [0.1, 0.15) is 38.1 Å². The second-order valence-corrected chi connectivity index (χ2v) is 17.4. The van der Waals surface area contributed by atoms with E-state index in [2.05, 4.69) is 46.0 Å². The SMILES string of the molecule is CC(C)(C)OC(=O)NC(Cc1cc(F)cc(F)c1)c1nc2c(cnn2COCC[Si](C)(C)C)cc1Br. The minimum atomic E-state index is -1.22. The van der Waals surface area contributed by atoms with Crippen molar-refractivity contribution < 1.29 is 23.0 Å². The van der Waals surface area contributed by atoms with Gasteiger partial charge in [-0.25, -0.2) is 23.2 Å². The first kappa shape index (κ1) is 28.2. The van der Waals surface area contributed by atoms with E-state index in [1.54, 1.807) is 31.6 Å². The van der Waals surface area contributed by atoms with Crippen molar-refractivity contribution >= 4 is 41.1 Å². The Morgan fingerprint density at radius 1 is 1.17 bits per heavy atom. The molecule has 0 fully saturated rings. The Labute approximate surface area is 219 Å². The molecule has 1 N–H and O–H groups in total. The van der Waals surface area contributed by atoms with Crippen LogP contribution >= 0.6 is 15.9 Å². The van der Waals surface area contributed by atoms with E-state index >= 15 is 0 Å². The Balaban J connectivity index is 1.93. The fourth-order valence-electron chi connectivity index (χ4n) is 3.49. The highest BCUT2D eigenvalue weighted by Crippen LogP contribution is 2.29. The van der Waals surface area contributed by atoms with Gasteiger partial charge in [-0.1, -0.05) is 19.6 Å². The van der Waals surface area contributed by atoms with E-state index in [-0.39, 0.29) is 13.2 Å². The third kappa shape index (κ3) is 8.34. The summed E-state index contributed by atoms with van der Waals surface area (Å²) in [4.78, 5) is 17.4. The number of alkyl carbamates (subject to hydrolysis) is 1. The van der Waals surface area contributed by atoms with Gasteiger partial charge in [0, 0.05) is 30.6 Å². The molecule has 36 heavy (non-hydrogen) atoms. The van der Waals surface area contributed by atoms with Crippen LogP contribution in [0.4, 0.5) is 13.6 Å². The summed E-state index contributed by atoms with van der Waals surface area (Å²) in [7, 11) is -1.22. The van der Waals surface area contributed by atoms with E-state index in [1.807, 2.05) is 6.07 Å². The lowest BCUT2D eigenvalue weighted by Crippen LogP contribution is -2.36. The topological polar surface area (TPSA) is 78.3 Å². The molecule has 0 aliphatic carbocycles. The quantitative estimate of drug-likeness (QED) is 0.227. The molecule has 2 heterocycles. The number of hydrogen-bond donors (Lipinski definition) is 1. The lowest BCUT2D eigenvalue weighted by atomic mass is 10.0. The number of nitrogens with zero attached hydrogens (tertiary/aromatic N) is 3. The lowest BCUT2D eigenvalue weighted by molar-refractivity contribution is 0.0502. The Kier molecular flexibility index (Phi) is 8.89. The number of benzene rings is 1. The van der Waals surface area contributed by atoms with Crippen LogP contribution in [0.2, 0.25) is 25.7 Å². The molecule has 11 heteroatoms. The van der Waals surface area contributed by atoms with Gasteiger partial charge in [-0.3, -0.25) is 0 Å². The van der Waals surface area contributed by atoms with Crippen molar-refractivity contribution in [2.24, 2.45) is 0 Å². The summed E-state index contributed by atoms with van der Waals surface area (Å²) in [5.74, 6) is -1.39. The van der Waals surface area contributed by atoms with Gasteiger partial charge in [-0.2, -0.15) is 5.10 Å². The minimum Gasteiger partial charge on any atom is -0.444 e. The summed E-state index contributed by atoms with van der Waals surface area (Å²) in [6, 6.07) is 5.41. The molecular weight excluding hydrogens is 550 g/mol. The molecule has 0 aliphatic heterocycles. The van der Waals surface area contributed by atoms with Crippen LogP contribution < -0.4 is 5.32 Å². The zero-order chi connectivity index (χ0) is 26.7. The molecule has 0 aliphatic rings. The Hall–Kier alpha value is -2.37. The van der Waals surface area contributed by atoms with Crippen LogP contribution in [0.25, 0.3) is 11.0 Å². The second-order valence-electron chi connectivity index (χ2n) is 10.9. The molecule has 2 aromatic heterocycles. The van der Waals surface area contributed by atoms with E-state index in [0.717, 1.165) is 17.5 Å². The molecule has 1 amide bonds. The Morgan fingerprint density at radius 3 is 2.44 bits per heavy atom. The molecule has 7 nitrogen and oxygen atoms in total. The predicted molar refractivity (Wildman–Crippen MR) is 142 cm³/mol. The molecule has 3 aromatic rings. The highest BCUT2D eigenvalue weighted by Gasteiger charge is 2.25. The third-order valence-electron chi connectivity index (χ3n) is 5.19. The van der Waals surface area contributed by atoms with Gasteiger partial charge in [-0.05, 0) is 72.9 Å². The van der Waals surface area contributed by atoms with Crippen LogP contribution in [-0.2, 0) is 22.6 Å². The van der Waals surface area contributed by atoms with E-state index in [9.17, 15) is 13.6 Å². The fourth-order valence-corrected chi connectivity index (χ4v) is 4.86. The predicted octanol–water partition coefficient (Wildman–Crippen LogP) is 6.59. The summed E-state index contributed by atoms with van der Waals surface area (Å²) in [5.41, 5.74) is 0.690. The highest BCUT2D eigenvalue weighted by atomic mass is 79.9. The minimum absolute atomic E-state index is 0.0892. The summed E-state index contributed by atoms with van der Waals surface area (Å²) in [5, 5.41) is 7.99. The summed E-state index contributed by atoms with van der Waals surface area (Å²) >= 11 is 3.54. The van der Waals surface area contributed by atoms with Crippen LogP contribution in [0.5, 0.6) is 0 Å². The van der Waals surface area contributed by atoms with Gasteiger partial charge in [-0.15, -0.1) is 0 Å². The number of amides is 1. The average Bonchev–Trinajstić information content (AvgIpc) is 3.09. The summed E-state index contributed by atoms with van der Waals surface area (Å²) in [6.45, 7) is 13.0. The van der Waals surface area contributed by atoms with Gasteiger partial charge in [0.05, 0.1) is 17.9 Å². The van der Waals surface area contributed by atoms with Gasteiger partial charge in [0.15, 0.2) is 5.65 Å². The number of halogens is 3. The highest BCUT2D eigenvalue weighted by molar-refractivity contribution is 9.10. The normalized spacial score (nSPS) is 13.1. The smallest absolute Gasteiger partial charge is 0.408 e. The van der Waals surface area contributed by atoms with E-state index in [1.165, 1.54) is 12.1 Å². The molecule has 0 saturated heterocycles. The standard InChI is InChI=1S/C25H33BrF2N4O3Si/c1-25(2,3)35-24(33)30-21(11-16-9-18(27)13-19(28)10-16)22-20(26)12-17-14-29-32(23(17)31-22)15-34-7-8-36(4,5)6/h9-10,12-14,21H,7-8,11,15H2,1-6H3,(H,30,33). The van der Waals surface area contributed by atoms with Crippen LogP contribution in [-0.4, -0.2) is 41.1 Å². The maximum atomic E-state index is 13.9. The van der Waals surface area contributed by atoms with Gasteiger partial charge in [0.2, 0.25) is 0 Å². The molecule has 0 saturated carbocycles. The maximum absolute atomic E-state index is 13.9. The van der Waals surface area contributed by atoms with E-state index in [0.29, 0.717) is 28.0 Å². The monoisotopic (exact) mass is 582 g/mol. The van der Waals surface area contributed by atoms with Crippen LogP contribution in [0, 0.1) is 11.6 Å². The van der Waals surface area contributed by atoms with Gasteiger partial charge >= 0.3 is 6.09 Å². The zero-order valence-electron chi connectivity index (χ0n) is 21.5. The molecule has 3 rings (SSSR count). The molecule has 1 atom stereocenters. The van der Waals surface area contributed by atoms with Crippen molar-refractivity contribution in [2.45, 2.75) is 71.3 Å². The first-order valence-corrected chi connectivity index (χ1v) is 16.2. The van der Waals surface area contributed by atoms with Crippen molar-refractivity contribution in [3.05, 3.63) is 57.8 Å². The number of carbonyl (C=O) groups is 1. The number of fused-ring (bicyclic) bond motifs is 1. The van der Waals surface area contributed by atoms with E-state index < -0.39 is 37.4 Å². The van der Waals surface area contributed by atoms with Crippen molar-refractivity contribution in [3.63, 3.8) is 0 Å². The molecule has 0 bridgehead atoms. The van der Waals surface area contributed by atoms with Gasteiger partial charge < -0.3 is 14.8 Å². The number of nitrogens with one attached hydrogen (secondary N) is 1. The number of pyridine rings is 1. The van der Waals surface area contributed by atoms with Crippen molar-refractivity contribution in [1.82, 2.24) is 20.1 Å². The van der Waals surface area contributed by atoms with Crippen LogP contribution in [0.15, 0.2) is 34.9 Å². The molecular formula is C25H33BrF2N4O3Si. The first-order chi connectivity index (χ1) is 16.7. The van der Waals surface area contributed by atoms with Crippen molar-refractivity contribution in [3.8, 4) is 0 Å². The number of ether oxygens (including phenoxy) is 2. The largest absolute Gasteiger partial charge is 0.444 e. The Morgan fingerprint density at radius 2 is 1.83 bits per heavy atom. The van der Waals surface area contributed by atoms with Gasteiger partial charge in [0.1, 0.15) is 24.0 Å². The zero-order valence-corrected chi connectivity index (χ0v) is 24.1. The van der Waals surface area contributed by atoms with Crippen LogP contribution in [0.3, 0.4) is 0 Å². The van der Waals surface area contributed by atoms with Crippen molar-refractivity contribution in [2.75, 3.05) is 6.61 Å². The summed E-state index contributed by atoms with van der Waals surface area (Å²) < 4.78 is 41.3. The molecule has 0 radical (unpaired) electrons. The average molecular weight is 584 g/mol. The van der Waals surface area contributed by atoms with Crippen molar-refractivity contribution in [1.29, 1.82) is 0 Å². The third-order valence-corrected chi connectivity index (χ3v) is 7.52. The second kappa shape index (κ2) is 11.3. The summed E-state index contributed by atoms with van der Waals surface area (Å²) in [6.07, 6.45) is 1.12. The molecule has 196 valence electrons. The lowest BCUT2D eigenvalue weighted by Gasteiger charge is -2.24. The van der Waals surface area contributed by atoms with Gasteiger partial charge in [0.25, 0.3) is 0 Å². The fraction of sp³-hybridized carbons (Fsp3) is 0.480. The molecule has 1 unspecified atom stereocenters. The molecule has 0 spiro atoms. The molecule has 1 aromatic carbocycles. The Bertz CT molecular complexity index is 1200. The van der Waals surface area contributed by atoms with E-state index in [4.69, 9.17) is 14.5 Å². The number of aromatic nitrogens is 3. The number of carbonyl (C=O) groups excluding carboxylic acids is 1. The maximum Gasteiger partial charge on any atom is 0.408 e. The number of hydrogen-bond acceptors (Lipinski definition) is 5. The first-order valence-electron chi connectivity index (χ1n) is 11.7. The number of rotatable bonds is 9.